The van der Waals surface area contributed by atoms with E-state index in [4.69, 9.17) is 0 Å². The second-order valence-electron chi connectivity index (χ2n) is 5.52. The van der Waals surface area contributed by atoms with Crippen molar-refractivity contribution in [2.75, 3.05) is 36.8 Å². The van der Waals surface area contributed by atoms with Gasteiger partial charge in [-0.05, 0) is 19.1 Å². The van der Waals surface area contributed by atoms with E-state index in [2.05, 4.69) is 15.1 Å². The summed E-state index contributed by atoms with van der Waals surface area (Å²) < 4.78 is 0.815. The van der Waals surface area contributed by atoms with Crippen LogP contribution in [0.5, 0.6) is 0 Å². The van der Waals surface area contributed by atoms with Crippen LogP contribution in [0.4, 0.5) is 11.4 Å². The van der Waals surface area contributed by atoms with E-state index in [0.29, 0.717) is 31.9 Å². The minimum Gasteiger partial charge on any atom is -0.368 e. The van der Waals surface area contributed by atoms with Gasteiger partial charge < -0.3 is 9.80 Å². The maximum absolute atomic E-state index is 12.3. The van der Waals surface area contributed by atoms with Crippen molar-refractivity contribution in [3.63, 3.8) is 0 Å². The summed E-state index contributed by atoms with van der Waals surface area (Å²) in [6, 6.07) is 6.52. The molecule has 1 aliphatic rings. The molecule has 0 spiro atoms. The Bertz CT molecular complexity index is 757. The summed E-state index contributed by atoms with van der Waals surface area (Å²) in [7, 11) is 0. The molecule has 1 saturated heterocycles. The van der Waals surface area contributed by atoms with Gasteiger partial charge in [-0.1, -0.05) is 23.1 Å². The van der Waals surface area contributed by atoms with Crippen LogP contribution in [0, 0.1) is 17.0 Å². The van der Waals surface area contributed by atoms with E-state index >= 15 is 0 Å². The molecular formula is C15H17N5O3S2. The van der Waals surface area contributed by atoms with Crippen molar-refractivity contribution in [2.45, 2.75) is 11.3 Å². The summed E-state index contributed by atoms with van der Waals surface area (Å²) in [6.45, 7) is 4.61. The molecule has 1 aromatic carbocycles. The Hall–Kier alpha value is -2.20. The number of nitro benzene ring substituents is 1. The van der Waals surface area contributed by atoms with Crippen molar-refractivity contribution in [3.8, 4) is 0 Å². The SMILES string of the molecule is Cc1nnc(SCC(=O)N2CCN(c3ccc([N+](=O)[O-])cc3)CC2)s1. The first-order valence-corrected chi connectivity index (χ1v) is 9.53. The first-order chi connectivity index (χ1) is 12.0. The number of benzene rings is 1. The molecule has 1 fully saturated rings. The van der Waals surface area contributed by atoms with Gasteiger partial charge in [-0.3, -0.25) is 14.9 Å². The Kier molecular flexibility index (Phi) is 5.49. The zero-order valence-electron chi connectivity index (χ0n) is 13.6. The Morgan fingerprint density at radius 2 is 1.92 bits per heavy atom. The van der Waals surface area contributed by atoms with Crippen LogP contribution < -0.4 is 4.90 Å². The number of rotatable bonds is 5. The van der Waals surface area contributed by atoms with Crippen LogP contribution in [0.25, 0.3) is 0 Å². The number of aryl methyl sites for hydroxylation is 1. The Balaban J connectivity index is 1.49. The second-order valence-corrected chi connectivity index (χ2v) is 7.92. The largest absolute Gasteiger partial charge is 0.368 e. The lowest BCUT2D eigenvalue weighted by Crippen LogP contribution is -2.49. The highest BCUT2D eigenvalue weighted by atomic mass is 32.2. The Morgan fingerprint density at radius 1 is 1.24 bits per heavy atom. The third-order valence-electron chi connectivity index (χ3n) is 3.88. The fourth-order valence-corrected chi connectivity index (χ4v) is 4.27. The van der Waals surface area contributed by atoms with Crippen LogP contribution >= 0.6 is 23.1 Å². The second kappa shape index (κ2) is 7.79. The molecule has 0 N–H and O–H groups in total. The molecule has 0 atom stereocenters. The molecule has 3 rings (SSSR count). The number of piperazine rings is 1. The first kappa shape index (κ1) is 17.6. The van der Waals surface area contributed by atoms with Crippen LogP contribution in [0.3, 0.4) is 0 Å². The minimum absolute atomic E-state index is 0.0847. The van der Waals surface area contributed by atoms with Gasteiger partial charge in [-0.2, -0.15) is 0 Å². The summed E-state index contributed by atoms with van der Waals surface area (Å²) >= 11 is 2.91. The number of nitro groups is 1. The number of aromatic nitrogens is 2. The molecule has 1 aromatic heterocycles. The van der Waals surface area contributed by atoms with Gasteiger partial charge in [0.25, 0.3) is 5.69 Å². The number of amides is 1. The first-order valence-electron chi connectivity index (χ1n) is 7.73. The predicted molar refractivity (Wildman–Crippen MR) is 97.3 cm³/mol. The van der Waals surface area contributed by atoms with Crippen molar-refractivity contribution in [2.24, 2.45) is 0 Å². The fraction of sp³-hybridized carbons (Fsp3) is 0.400. The Labute approximate surface area is 153 Å². The van der Waals surface area contributed by atoms with E-state index in [-0.39, 0.29) is 11.6 Å². The molecule has 0 aliphatic carbocycles. The minimum atomic E-state index is -0.405. The van der Waals surface area contributed by atoms with Gasteiger partial charge in [-0.25, -0.2) is 0 Å². The van der Waals surface area contributed by atoms with E-state index in [1.54, 1.807) is 12.1 Å². The van der Waals surface area contributed by atoms with E-state index in [1.165, 1.54) is 35.2 Å². The number of carbonyl (C=O) groups excluding carboxylic acids is 1. The van der Waals surface area contributed by atoms with Crippen molar-refractivity contribution < 1.29 is 9.72 Å². The maximum atomic E-state index is 12.3. The fourth-order valence-electron chi connectivity index (χ4n) is 2.55. The zero-order valence-corrected chi connectivity index (χ0v) is 15.3. The van der Waals surface area contributed by atoms with E-state index in [9.17, 15) is 14.9 Å². The number of hydrogen-bond donors (Lipinski definition) is 0. The summed E-state index contributed by atoms with van der Waals surface area (Å²) in [4.78, 5) is 26.6. The molecule has 8 nitrogen and oxygen atoms in total. The van der Waals surface area contributed by atoms with E-state index in [1.807, 2.05) is 11.8 Å². The molecule has 132 valence electrons. The molecule has 1 aliphatic heterocycles. The lowest BCUT2D eigenvalue weighted by atomic mass is 10.2. The molecule has 25 heavy (non-hydrogen) atoms. The number of hydrogen-bond acceptors (Lipinski definition) is 8. The molecule has 2 heterocycles. The average molecular weight is 379 g/mol. The van der Waals surface area contributed by atoms with Crippen LogP contribution in [-0.4, -0.2) is 57.9 Å². The van der Waals surface area contributed by atoms with Gasteiger partial charge in [-0.15, -0.1) is 10.2 Å². The van der Waals surface area contributed by atoms with Gasteiger partial charge in [0, 0.05) is 44.0 Å². The van der Waals surface area contributed by atoms with Crippen molar-refractivity contribution >= 4 is 40.4 Å². The zero-order chi connectivity index (χ0) is 17.8. The number of carbonyl (C=O) groups is 1. The van der Waals surface area contributed by atoms with Crippen molar-refractivity contribution in [1.82, 2.24) is 15.1 Å². The third-order valence-corrected chi connectivity index (χ3v) is 5.84. The van der Waals surface area contributed by atoms with Gasteiger partial charge in [0.05, 0.1) is 10.7 Å². The predicted octanol–water partition coefficient (Wildman–Crippen LogP) is 2.20. The van der Waals surface area contributed by atoms with E-state index < -0.39 is 4.92 Å². The van der Waals surface area contributed by atoms with Crippen LogP contribution in [0.2, 0.25) is 0 Å². The molecule has 0 radical (unpaired) electrons. The van der Waals surface area contributed by atoms with Gasteiger partial charge in [0.15, 0.2) is 4.34 Å². The monoisotopic (exact) mass is 379 g/mol. The third kappa shape index (κ3) is 4.45. The molecule has 2 aromatic rings. The quantitative estimate of drug-likeness (QED) is 0.447. The van der Waals surface area contributed by atoms with E-state index in [0.717, 1.165) is 15.0 Å². The van der Waals surface area contributed by atoms with Crippen LogP contribution in [-0.2, 0) is 4.79 Å². The lowest BCUT2D eigenvalue weighted by Gasteiger charge is -2.36. The summed E-state index contributed by atoms with van der Waals surface area (Å²) in [5, 5.41) is 19.6. The number of thioether (sulfide) groups is 1. The van der Waals surface area contributed by atoms with Crippen LogP contribution in [0.15, 0.2) is 28.6 Å². The maximum Gasteiger partial charge on any atom is 0.269 e. The van der Waals surface area contributed by atoms with Crippen molar-refractivity contribution in [1.29, 1.82) is 0 Å². The lowest BCUT2D eigenvalue weighted by molar-refractivity contribution is -0.384. The molecule has 1 amide bonds. The molecule has 10 heteroatoms. The molecule has 0 saturated carbocycles. The number of nitrogens with zero attached hydrogens (tertiary/aromatic N) is 5. The average Bonchev–Trinajstić information content (AvgIpc) is 3.05. The summed E-state index contributed by atoms with van der Waals surface area (Å²) in [5.74, 6) is 0.466. The summed E-state index contributed by atoms with van der Waals surface area (Å²) in [5.41, 5.74) is 1.03. The normalized spacial score (nSPS) is 14.6. The van der Waals surface area contributed by atoms with Crippen molar-refractivity contribution in [3.05, 3.63) is 39.4 Å². The van der Waals surface area contributed by atoms with Gasteiger partial charge >= 0.3 is 0 Å². The molecule has 0 bridgehead atoms. The number of anilines is 1. The van der Waals surface area contributed by atoms with Gasteiger partial charge in [0.2, 0.25) is 5.91 Å². The molecule has 0 unspecified atom stereocenters. The smallest absolute Gasteiger partial charge is 0.269 e. The molecular weight excluding hydrogens is 362 g/mol. The highest BCUT2D eigenvalue weighted by Crippen LogP contribution is 2.23. The highest BCUT2D eigenvalue weighted by Gasteiger charge is 2.22. The van der Waals surface area contributed by atoms with Crippen LogP contribution in [0.1, 0.15) is 5.01 Å². The standard InChI is InChI=1S/C15H17N5O3S2/c1-11-16-17-15(25-11)24-10-14(21)19-8-6-18(7-9-19)12-2-4-13(5-3-12)20(22)23/h2-5H,6-10H2,1H3. The summed E-state index contributed by atoms with van der Waals surface area (Å²) in [6.07, 6.45) is 0. The Morgan fingerprint density at radius 3 is 2.48 bits per heavy atom. The van der Waals surface area contributed by atoms with Gasteiger partial charge in [0.1, 0.15) is 5.01 Å². The number of non-ortho nitro benzene ring substituents is 1. The highest BCUT2D eigenvalue weighted by molar-refractivity contribution is 8.01. The topological polar surface area (TPSA) is 92.5 Å².